The molecule has 26 valence electrons. The zero-order valence-corrected chi connectivity index (χ0v) is 7.36. The van der Waals surface area contributed by atoms with Crippen molar-refractivity contribution in [2.24, 2.45) is 0 Å². The van der Waals surface area contributed by atoms with Gasteiger partial charge in [-0.25, -0.2) is 2.92 Å². The topological polar surface area (TPSA) is 9.23 Å². The van der Waals surface area contributed by atoms with E-state index in [1.807, 2.05) is 0 Å². The van der Waals surface area contributed by atoms with Gasteiger partial charge in [-0.15, -0.1) is 0 Å². The SMILES string of the molecule is BrOBr.[Sm]. The van der Waals surface area contributed by atoms with Gasteiger partial charge in [0.1, 0.15) is 32.5 Å². The van der Waals surface area contributed by atoms with Crippen molar-refractivity contribution < 1.29 is 43.3 Å². The molecular formula is Br2OSm. The molecule has 0 aromatic rings. The minimum atomic E-state index is 0. The summed E-state index contributed by atoms with van der Waals surface area (Å²) in [6.45, 7) is 0. The number of rotatable bonds is 0. The fourth-order valence-electron chi connectivity index (χ4n) is 0. The average Bonchev–Trinajstić information content (AvgIpc) is 0.918. The van der Waals surface area contributed by atoms with Crippen molar-refractivity contribution >= 4 is 32.5 Å². The van der Waals surface area contributed by atoms with Crippen LogP contribution >= 0.6 is 32.5 Å². The van der Waals surface area contributed by atoms with E-state index in [0.717, 1.165) is 0 Å². The molecule has 0 N–H and O–H groups in total. The summed E-state index contributed by atoms with van der Waals surface area (Å²) >= 11 is 5.12. The quantitative estimate of drug-likeness (QED) is 0.657. The van der Waals surface area contributed by atoms with Crippen LogP contribution < -0.4 is 0 Å². The molecule has 0 bridgehead atoms. The minimum Gasteiger partial charge on any atom is -0.230 e. The second kappa shape index (κ2) is 8.98. The van der Waals surface area contributed by atoms with Crippen molar-refractivity contribution in [1.82, 2.24) is 0 Å². The molecule has 0 aliphatic rings. The van der Waals surface area contributed by atoms with Gasteiger partial charge in [-0.05, 0) is 0 Å². The molecule has 0 saturated heterocycles. The molecule has 0 atom stereocenters. The first kappa shape index (κ1) is 9.54. The molecule has 4 heteroatoms. The fraction of sp³-hybridized carbons (Fsp3) is 0. The van der Waals surface area contributed by atoms with Gasteiger partial charge < -0.3 is 0 Å². The van der Waals surface area contributed by atoms with Crippen LogP contribution in [0, 0.1) is 40.4 Å². The summed E-state index contributed by atoms with van der Waals surface area (Å²) in [7, 11) is 0. The van der Waals surface area contributed by atoms with Crippen LogP contribution in [-0.2, 0) is 2.92 Å². The first-order valence-corrected chi connectivity index (χ1v) is 1.60. The Morgan fingerprint density at radius 1 is 1.25 bits per heavy atom. The summed E-state index contributed by atoms with van der Waals surface area (Å²) in [6, 6.07) is 0. The number of hydrogen-bond donors (Lipinski definition) is 0. The zero-order chi connectivity index (χ0) is 2.71. The molecule has 0 spiro atoms. The van der Waals surface area contributed by atoms with Crippen molar-refractivity contribution in [2.75, 3.05) is 0 Å². The van der Waals surface area contributed by atoms with E-state index in [2.05, 4.69) is 35.4 Å². The Morgan fingerprint density at radius 2 is 1.25 bits per heavy atom. The van der Waals surface area contributed by atoms with E-state index in [4.69, 9.17) is 0 Å². The van der Waals surface area contributed by atoms with E-state index >= 15 is 0 Å². The summed E-state index contributed by atoms with van der Waals surface area (Å²) in [5, 5.41) is 0. The fourth-order valence-corrected chi connectivity index (χ4v) is 0. The molecule has 0 aromatic carbocycles. The van der Waals surface area contributed by atoms with Crippen LogP contribution in [0.3, 0.4) is 0 Å². The molecule has 0 aliphatic carbocycles. The Balaban J connectivity index is 0. The summed E-state index contributed by atoms with van der Waals surface area (Å²) in [5.41, 5.74) is 0. The largest absolute Gasteiger partial charge is 0.230 e. The standard InChI is InChI=1S/Br2O.Sm/c1-3-2;. The predicted octanol–water partition coefficient (Wildman–Crippen LogP) is 1.62. The molecule has 0 amide bonds. The van der Waals surface area contributed by atoms with E-state index in [1.165, 1.54) is 0 Å². The minimum absolute atomic E-state index is 0. The summed E-state index contributed by atoms with van der Waals surface area (Å²) in [4.78, 5) is 0. The normalized spacial score (nSPS) is 4.50. The summed E-state index contributed by atoms with van der Waals surface area (Å²) in [5.74, 6) is 0. The Labute approximate surface area is 74.5 Å². The Bertz CT molecular complexity index is 6.00. The van der Waals surface area contributed by atoms with Gasteiger partial charge in [0.05, 0.1) is 0 Å². The molecule has 0 aliphatic heterocycles. The molecule has 0 radical (unpaired) electrons. The number of hydrogen-bond acceptors (Lipinski definition) is 1. The average molecular weight is 326 g/mol. The van der Waals surface area contributed by atoms with E-state index < -0.39 is 0 Å². The van der Waals surface area contributed by atoms with Gasteiger partial charge in [0.25, 0.3) is 0 Å². The molecule has 0 unspecified atom stereocenters. The maximum Gasteiger partial charge on any atom is 0.115 e. The van der Waals surface area contributed by atoms with Crippen LogP contribution in [0.25, 0.3) is 0 Å². The van der Waals surface area contributed by atoms with Gasteiger partial charge in [-0.3, -0.25) is 0 Å². The maximum absolute atomic E-state index is 3.88. The smallest absolute Gasteiger partial charge is 0.115 e. The first-order valence-electron chi connectivity index (χ1n) is 0.309. The Morgan fingerprint density at radius 3 is 1.25 bits per heavy atom. The van der Waals surface area contributed by atoms with Gasteiger partial charge in [-0.2, -0.15) is 0 Å². The van der Waals surface area contributed by atoms with Crippen LogP contribution in [0.2, 0.25) is 0 Å². The third-order valence-corrected chi connectivity index (χ3v) is 0. The van der Waals surface area contributed by atoms with Gasteiger partial charge in [0, 0.05) is 40.4 Å². The molecule has 4 heavy (non-hydrogen) atoms. The summed E-state index contributed by atoms with van der Waals surface area (Å²) < 4.78 is 3.88. The predicted molar refractivity (Wildman–Crippen MR) is 18.9 cm³/mol. The van der Waals surface area contributed by atoms with Crippen molar-refractivity contribution in [3.63, 3.8) is 0 Å². The molecule has 0 aromatic heterocycles. The Kier molecular flexibility index (Phi) is 21.4. The van der Waals surface area contributed by atoms with Crippen LogP contribution in [0.15, 0.2) is 0 Å². The zero-order valence-electron chi connectivity index (χ0n) is 1.57. The monoisotopic (exact) mass is 326 g/mol. The molecule has 0 rings (SSSR count). The van der Waals surface area contributed by atoms with Crippen LogP contribution in [0.1, 0.15) is 0 Å². The third-order valence-electron chi connectivity index (χ3n) is 0. The van der Waals surface area contributed by atoms with Gasteiger partial charge in [-0.1, -0.05) is 0 Å². The van der Waals surface area contributed by atoms with E-state index in [9.17, 15) is 0 Å². The molecule has 0 heterocycles. The van der Waals surface area contributed by atoms with Gasteiger partial charge in [0.15, 0.2) is 0 Å². The van der Waals surface area contributed by atoms with Crippen LogP contribution in [-0.4, -0.2) is 0 Å². The van der Waals surface area contributed by atoms with E-state index in [-0.39, 0.29) is 40.4 Å². The van der Waals surface area contributed by atoms with Crippen LogP contribution in [0.5, 0.6) is 0 Å². The molecule has 0 fully saturated rings. The third kappa shape index (κ3) is 8.86. The van der Waals surface area contributed by atoms with Gasteiger partial charge >= 0.3 is 0 Å². The molecule has 0 saturated carbocycles. The summed E-state index contributed by atoms with van der Waals surface area (Å²) in [6.07, 6.45) is 0. The van der Waals surface area contributed by atoms with Crippen molar-refractivity contribution in [3.8, 4) is 0 Å². The molecule has 1 nitrogen and oxygen atoms in total. The second-order valence-electron chi connectivity index (χ2n) is 0.0583. The van der Waals surface area contributed by atoms with Crippen molar-refractivity contribution in [3.05, 3.63) is 0 Å². The Hall–Kier alpha value is 2.26. The van der Waals surface area contributed by atoms with Crippen LogP contribution in [0.4, 0.5) is 0 Å². The molecular weight excluding hydrogens is 326 g/mol. The van der Waals surface area contributed by atoms with Crippen molar-refractivity contribution in [2.45, 2.75) is 0 Å². The van der Waals surface area contributed by atoms with Crippen molar-refractivity contribution in [1.29, 1.82) is 0 Å². The number of halogens is 2. The maximum atomic E-state index is 3.88. The van der Waals surface area contributed by atoms with E-state index in [0.29, 0.717) is 0 Å². The first-order chi connectivity index (χ1) is 1.41. The second-order valence-corrected chi connectivity index (χ2v) is 1.57. The van der Waals surface area contributed by atoms with Gasteiger partial charge in [0.2, 0.25) is 0 Å². The van der Waals surface area contributed by atoms with E-state index in [1.54, 1.807) is 0 Å².